The van der Waals surface area contributed by atoms with Gasteiger partial charge in [-0.15, -0.1) is 0 Å². The van der Waals surface area contributed by atoms with E-state index < -0.39 is 5.97 Å². The van der Waals surface area contributed by atoms with Crippen molar-refractivity contribution in [2.75, 3.05) is 26.2 Å². The first kappa shape index (κ1) is 15.8. The zero-order valence-corrected chi connectivity index (χ0v) is 14.2. The van der Waals surface area contributed by atoms with Crippen molar-refractivity contribution in [1.29, 1.82) is 0 Å². The summed E-state index contributed by atoms with van der Waals surface area (Å²) in [6.45, 7) is 3.79. The summed E-state index contributed by atoms with van der Waals surface area (Å²) in [6, 6.07) is 3.12. The maximum atomic E-state index is 10.9. The second-order valence-corrected chi connectivity index (χ2v) is 6.53. The van der Waals surface area contributed by atoms with Crippen molar-refractivity contribution in [1.82, 2.24) is 4.90 Å². The van der Waals surface area contributed by atoms with Gasteiger partial charge in [0.15, 0.2) is 0 Å². The van der Waals surface area contributed by atoms with Gasteiger partial charge in [-0.1, -0.05) is 6.42 Å². The molecule has 1 heterocycles. The van der Waals surface area contributed by atoms with E-state index in [1.165, 1.54) is 19.3 Å². The highest BCUT2D eigenvalue weighted by Gasteiger charge is 2.14. The first-order valence-corrected chi connectivity index (χ1v) is 8.24. The van der Waals surface area contributed by atoms with Crippen LogP contribution in [0.1, 0.15) is 29.6 Å². The molecule has 1 aromatic rings. The molecule has 0 atom stereocenters. The van der Waals surface area contributed by atoms with Crippen molar-refractivity contribution in [3.8, 4) is 5.75 Å². The summed E-state index contributed by atoms with van der Waals surface area (Å²) in [7, 11) is 0. The van der Waals surface area contributed by atoms with Crippen molar-refractivity contribution < 1.29 is 14.6 Å². The molecule has 1 aromatic carbocycles. The molecule has 0 aromatic heterocycles. The lowest BCUT2D eigenvalue weighted by atomic mass is 10.1. The monoisotopic (exact) mass is 405 g/mol. The first-order valence-electron chi connectivity index (χ1n) is 6.65. The number of hydrogen-bond acceptors (Lipinski definition) is 3. The van der Waals surface area contributed by atoms with Crippen molar-refractivity contribution in [3.05, 3.63) is 26.6 Å². The number of rotatable bonds is 5. The molecule has 1 aliphatic rings. The Kier molecular flexibility index (Phi) is 5.86. The lowest BCUT2D eigenvalue weighted by Crippen LogP contribution is -2.33. The summed E-state index contributed by atoms with van der Waals surface area (Å²) in [5.41, 5.74) is 0.229. The predicted molar refractivity (Wildman–Crippen MR) is 84.6 cm³/mol. The third-order valence-electron chi connectivity index (χ3n) is 3.35. The van der Waals surface area contributed by atoms with Crippen molar-refractivity contribution in [2.45, 2.75) is 19.3 Å². The van der Waals surface area contributed by atoms with Gasteiger partial charge in [0.1, 0.15) is 12.4 Å². The maximum Gasteiger partial charge on any atom is 0.335 e. The van der Waals surface area contributed by atoms with Crippen LogP contribution in [0.15, 0.2) is 21.1 Å². The quantitative estimate of drug-likeness (QED) is 0.808. The standard InChI is InChI=1S/C14H17Br2NO3/c15-11-8-10(14(18)19)9-12(16)13(11)20-7-6-17-4-2-1-3-5-17/h8-9H,1-7H2,(H,18,19). The number of benzene rings is 1. The van der Waals surface area contributed by atoms with Crippen LogP contribution in [-0.4, -0.2) is 42.2 Å². The molecule has 0 unspecified atom stereocenters. The molecule has 1 aliphatic heterocycles. The van der Waals surface area contributed by atoms with Gasteiger partial charge >= 0.3 is 5.97 Å². The fourth-order valence-electron chi connectivity index (χ4n) is 2.28. The average molecular weight is 407 g/mol. The SMILES string of the molecule is O=C(O)c1cc(Br)c(OCCN2CCCCC2)c(Br)c1. The molecule has 4 nitrogen and oxygen atoms in total. The van der Waals surface area contributed by atoms with Crippen molar-refractivity contribution in [3.63, 3.8) is 0 Å². The fraction of sp³-hybridized carbons (Fsp3) is 0.500. The Morgan fingerprint density at radius 3 is 2.35 bits per heavy atom. The summed E-state index contributed by atoms with van der Waals surface area (Å²) in [5, 5.41) is 8.98. The minimum Gasteiger partial charge on any atom is -0.490 e. The van der Waals surface area contributed by atoms with Crippen molar-refractivity contribution >= 4 is 37.8 Å². The first-order chi connectivity index (χ1) is 9.58. The van der Waals surface area contributed by atoms with Crippen LogP contribution in [-0.2, 0) is 0 Å². The van der Waals surface area contributed by atoms with Gasteiger partial charge in [-0.2, -0.15) is 0 Å². The molecule has 0 spiro atoms. The number of nitrogens with zero attached hydrogens (tertiary/aromatic N) is 1. The Bertz CT molecular complexity index is 464. The van der Waals surface area contributed by atoms with E-state index in [1.54, 1.807) is 12.1 Å². The van der Waals surface area contributed by atoms with E-state index in [0.717, 1.165) is 19.6 Å². The summed E-state index contributed by atoms with van der Waals surface area (Å²) in [4.78, 5) is 13.3. The molecule has 1 N–H and O–H groups in total. The largest absolute Gasteiger partial charge is 0.490 e. The van der Waals surface area contributed by atoms with Crippen LogP contribution >= 0.6 is 31.9 Å². The van der Waals surface area contributed by atoms with E-state index in [1.807, 2.05) is 0 Å². The molecule has 0 radical (unpaired) electrons. The van der Waals surface area contributed by atoms with Gasteiger partial charge in [-0.05, 0) is 69.9 Å². The van der Waals surface area contributed by atoms with E-state index in [9.17, 15) is 4.79 Å². The normalized spacial score (nSPS) is 16.1. The van der Waals surface area contributed by atoms with Crippen LogP contribution in [0.5, 0.6) is 5.75 Å². The molecular formula is C14H17Br2NO3. The number of piperidine rings is 1. The van der Waals surface area contributed by atoms with Gasteiger partial charge in [0.2, 0.25) is 0 Å². The number of ether oxygens (including phenoxy) is 1. The maximum absolute atomic E-state index is 10.9. The Morgan fingerprint density at radius 2 is 1.80 bits per heavy atom. The number of carboxylic acids is 1. The number of aromatic carboxylic acids is 1. The third-order valence-corrected chi connectivity index (χ3v) is 4.53. The molecule has 1 fully saturated rings. The minimum atomic E-state index is -0.953. The Labute approximate surface area is 135 Å². The van der Waals surface area contributed by atoms with Gasteiger partial charge in [0, 0.05) is 6.54 Å². The highest BCUT2D eigenvalue weighted by atomic mass is 79.9. The molecule has 0 amide bonds. The lowest BCUT2D eigenvalue weighted by molar-refractivity contribution is 0.0696. The van der Waals surface area contributed by atoms with Crippen LogP contribution in [0.3, 0.4) is 0 Å². The summed E-state index contributed by atoms with van der Waals surface area (Å²) < 4.78 is 7.09. The third kappa shape index (κ3) is 4.20. The topological polar surface area (TPSA) is 49.8 Å². The summed E-state index contributed by atoms with van der Waals surface area (Å²) >= 11 is 6.72. The molecule has 0 bridgehead atoms. The molecule has 2 rings (SSSR count). The lowest BCUT2D eigenvalue weighted by Gasteiger charge is -2.26. The van der Waals surface area contributed by atoms with Gasteiger partial charge < -0.3 is 9.84 Å². The van der Waals surface area contributed by atoms with Gasteiger partial charge in [-0.3, -0.25) is 4.90 Å². The fourth-order valence-corrected chi connectivity index (χ4v) is 3.70. The molecule has 0 saturated carbocycles. The van der Waals surface area contributed by atoms with E-state index in [-0.39, 0.29) is 5.56 Å². The van der Waals surface area contributed by atoms with Gasteiger partial charge in [0.05, 0.1) is 14.5 Å². The van der Waals surface area contributed by atoms with Gasteiger partial charge in [0.25, 0.3) is 0 Å². The number of carbonyl (C=O) groups is 1. The number of hydrogen-bond donors (Lipinski definition) is 1. The number of likely N-dealkylation sites (tertiary alicyclic amines) is 1. The molecule has 6 heteroatoms. The molecular weight excluding hydrogens is 390 g/mol. The molecule has 0 aliphatic carbocycles. The number of carboxylic acid groups (broad SMARTS) is 1. The predicted octanol–water partition coefficient (Wildman–Crippen LogP) is 3.77. The zero-order valence-electron chi connectivity index (χ0n) is 11.1. The van der Waals surface area contributed by atoms with Crippen molar-refractivity contribution in [2.24, 2.45) is 0 Å². The van der Waals surface area contributed by atoms with Crippen LogP contribution in [0.2, 0.25) is 0 Å². The van der Waals surface area contributed by atoms with Gasteiger partial charge in [-0.25, -0.2) is 4.79 Å². The van der Waals surface area contributed by atoms with Crippen LogP contribution in [0, 0.1) is 0 Å². The van der Waals surface area contributed by atoms with Crippen LogP contribution < -0.4 is 4.74 Å². The Hall–Kier alpha value is -0.590. The second kappa shape index (κ2) is 7.43. The zero-order chi connectivity index (χ0) is 14.5. The van der Waals surface area contributed by atoms with E-state index >= 15 is 0 Å². The summed E-state index contributed by atoms with van der Waals surface area (Å²) in [5.74, 6) is -0.293. The second-order valence-electron chi connectivity index (χ2n) is 4.82. The smallest absolute Gasteiger partial charge is 0.335 e. The number of halogens is 2. The molecule has 20 heavy (non-hydrogen) atoms. The summed E-state index contributed by atoms with van der Waals surface area (Å²) in [6.07, 6.45) is 3.85. The van der Waals surface area contributed by atoms with E-state index in [0.29, 0.717) is 21.3 Å². The van der Waals surface area contributed by atoms with E-state index in [4.69, 9.17) is 9.84 Å². The highest BCUT2D eigenvalue weighted by Crippen LogP contribution is 2.34. The minimum absolute atomic E-state index is 0.229. The van der Waals surface area contributed by atoms with E-state index in [2.05, 4.69) is 36.8 Å². The molecule has 1 saturated heterocycles. The Morgan fingerprint density at radius 1 is 1.20 bits per heavy atom. The van der Waals surface area contributed by atoms with Crippen LogP contribution in [0.4, 0.5) is 0 Å². The highest BCUT2D eigenvalue weighted by molar-refractivity contribution is 9.11. The average Bonchev–Trinajstić information content (AvgIpc) is 2.42. The Balaban J connectivity index is 1.93. The van der Waals surface area contributed by atoms with Crippen LogP contribution in [0.25, 0.3) is 0 Å². The molecule has 110 valence electrons.